The van der Waals surface area contributed by atoms with Gasteiger partial charge in [-0.1, -0.05) is 0 Å². The fourth-order valence-electron chi connectivity index (χ4n) is 2.29. The zero-order valence-electron chi connectivity index (χ0n) is 13.7. The van der Waals surface area contributed by atoms with Crippen molar-refractivity contribution in [1.29, 1.82) is 0 Å². The monoisotopic (exact) mass is 352 g/mol. The molecule has 24 heavy (non-hydrogen) atoms. The molecule has 0 spiro atoms. The molecule has 3 heterocycles. The van der Waals surface area contributed by atoms with E-state index in [-0.39, 0.29) is 5.97 Å². The van der Waals surface area contributed by atoms with Crippen molar-refractivity contribution in [3.63, 3.8) is 0 Å². The molecule has 3 rings (SSSR count). The molecule has 1 fully saturated rings. The van der Waals surface area contributed by atoms with Crippen LogP contribution >= 0.6 is 11.3 Å². The minimum atomic E-state index is -0.666. The van der Waals surface area contributed by atoms with Gasteiger partial charge in [0.25, 0.3) is 0 Å². The molecule has 0 radical (unpaired) electrons. The van der Waals surface area contributed by atoms with Gasteiger partial charge in [-0.05, 0) is 26.0 Å². The number of hydrogen-bond acceptors (Lipinski definition) is 7. The second kappa shape index (κ2) is 7.33. The van der Waals surface area contributed by atoms with Gasteiger partial charge in [-0.2, -0.15) is 5.10 Å². The summed E-state index contributed by atoms with van der Waals surface area (Å²) in [4.78, 5) is 12.7. The number of esters is 1. The first-order chi connectivity index (χ1) is 11.6. The molecule has 0 bridgehead atoms. The standard InChI is InChI=1S/C16H20N2O5S/c1-3-20-15(19)12-8-17-18(9-12)10-13-4-5-14(24-13)21-11-16(2)22-6-7-23-16/h4-5,8-9H,3,6-7,10-11H2,1-2H3. The molecule has 1 saturated heterocycles. The van der Waals surface area contributed by atoms with Crippen molar-refractivity contribution in [2.24, 2.45) is 0 Å². The molecular weight excluding hydrogens is 332 g/mol. The Balaban J connectivity index is 1.55. The Labute approximate surface area is 144 Å². The van der Waals surface area contributed by atoms with E-state index in [2.05, 4.69) is 5.10 Å². The van der Waals surface area contributed by atoms with E-state index < -0.39 is 5.79 Å². The lowest BCUT2D eigenvalue weighted by Crippen LogP contribution is -2.33. The number of aromatic nitrogens is 2. The van der Waals surface area contributed by atoms with E-state index in [0.29, 0.717) is 38.5 Å². The summed E-state index contributed by atoms with van der Waals surface area (Å²) >= 11 is 1.53. The Bertz CT molecular complexity index is 690. The van der Waals surface area contributed by atoms with Crippen LogP contribution in [0.1, 0.15) is 29.1 Å². The maximum atomic E-state index is 11.6. The van der Waals surface area contributed by atoms with Crippen LogP contribution in [-0.2, 0) is 20.8 Å². The zero-order valence-corrected chi connectivity index (χ0v) is 14.5. The second-order valence-electron chi connectivity index (χ2n) is 5.49. The molecule has 0 N–H and O–H groups in total. The average Bonchev–Trinajstić information content (AvgIpc) is 3.28. The number of carbonyl (C=O) groups is 1. The van der Waals surface area contributed by atoms with E-state index in [1.54, 1.807) is 17.8 Å². The number of hydrogen-bond donors (Lipinski definition) is 0. The van der Waals surface area contributed by atoms with E-state index in [9.17, 15) is 4.79 Å². The highest BCUT2D eigenvalue weighted by atomic mass is 32.1. The number of rotatable bonds is 7. The Hall–Kier alpha value is -1.90. The summed E-state index contributed by atoms with van der Waals surface area (Å²) in [6, 6.07) is 3.89. The summed E-state index contributed by atoms with van der Waals surface area (Å²) in [5.41, 5.74) is 0.452. The highest BCUT2D eigenvalue weighted by Crippen LogP contribution is 2.27. The topological polar surface area (TPSA) is 71.8 Å². The molecule has 130 valence electrons. The van der Waals surface area contributed by atoms with Crippen molar-refractivity contribution in [3.8, 4) is 5.06 Å². The fraction of sp³-hybridized carbons (Fsp3) is 0.500. The van der Waals surface area contributed by atoms with Crippen molar-refractivity contribution in [3.05, 3.63) is 35.0 Å². The number of carbonyl (C=O) groups excluding carboxylic acids is 1. The van der Waals surface area contributed by atoms with Gasteiger partial charge in [0.2, 0.25) is 0 Å². The smallest absolute Gasteiger partial charge is 0.341 e. The van der Waals surface area contributed by atoms with Gasteiger partial charge in [0.15, 0.2) is 10.9 Å². The Morgan fingerprint density at radius 1 is 1.42 bits per heavy atom. The van der Waals surface area contributed by atoms with Gasteiger partial charge < -0.3 is 18.9 Å². The normalized spacial score (nSPS) is 16.2. The summed E-state index contributed by atoms with van der Waals surface area (Å²) in [6.07, 6.45) is 3.19. The quantitative estimate of drug-likeness (QED) is 0.712. The third kappa shape index (κ3) is 4.14. The predicted octanol–water partition coefficient (Wildman–Crippen LogP) is 2.31. The molecular formula is C16H20N2O5S. The van der Waals surface area contributed by atoms with Crippen LogP contribution in [0.5, 0.6) is 5.06 Å². The van der Waals surface area contributed by atoms with Gasteiger partial charge in [0, 0.05) is 11.1 Å². The molecule has 1 aliphatic heterocycles. The molecule has 2 aromatic heterocycles. The molecule has 8 heteroatoms. The summed E-state index contributed by atoms with van der Waals surface area (Å²) in [6.45, 7) is 6.10. The molecule has 0 saturated carbocycles. The van der Waals surface area contributed by atoms with Crippen molar-refractivity contribution in [1.82, 2.24) is 9.78 Å². The number of ether oxygens (including phenoxy) is 4. The van der Waals surface area contributed by atoms with E-state index in [4.69, 9.17) is 18.9 Å². The lowest BCUT2D eigenvalue weighted by molar-refractivity contribution is -0.162. The summed E-state index contributed by atoms with van der Waals surface area (Å²) < 4.78 is 23.4. The van der Waals surface area contributed by atoms with Crippen LogP contribution in [0.3, 0.4) is 0 Å². The van der Waals surface area contributed by atoms with Crippen LogP contribution in [0, 0.1) is 0 Å². The lowest BCUT2D eigenvalue weighted by atomic mass is 10.3. The van der Waals surface area contributed by atoms with Crippen LogP contribution in [0.25, 0.3) is 0 Å². The van der Waals surface area contributed by atoms with E-state index in [0.717, 1.165) is 9.94 Å². The summed E-state index contributed by atoms with van der Waals surface area (Å²) in [5.74, 6) is -1.02. The number of nitrogens with zero attached hydrogens (tertiary/aromatic N) is 2. The third-order valence-corrected chi connectivity index (χ3v) is 4.46. The average molecular weight is 352 g/mol. The molecule has 1 aliphatic rings. The van der Waals surface area contributed by atoms with Crippen molar-refractivity contribution < 1.29 is 23.7 Å². The maximum Gasteiger partial charge on any atom is 0.341 e. The van der Waals surface area contributed by atoms with Gasteiger partial charge in [0.05, 0.1) is 38.1 Å². The van der Waals surface area contributed by atoms with Crippen molar-refractivity contribution in [2.45, 2.75) is 26.2 Å². The van der Waals surface area contributed by atoms with Crippen LogP contribution in [-0.4, -0.2) is 48.0 Å². The molecule has 2 aromatic rings. The van der Waals surface area contributed by atoms with Gasteiger partial charge >= 0.3 is 5.97 Å². The highest BCUT2D eigenvalue weighted by Gasteiger charge is 2.32. The zero-order chi connectivity index (χ0) is 17.0. The highest BCUT2D eigenvalue weighted by molar-refractivity contribution is 7.13. The van der Waals surface area contributed by atoms with Gasteiger partial charge in [-0.25, -0.2) is 4.79 Å². The first kappa shape index (κ1) is 16.9. The van der Waals surface area contributed by atoms with Crippen molar-refractivity contribution >= 4 is 17.3 Å². The number of thiophene rings is 1. The lowest BCUT2D eigenvalue weighted by Gasteiger charge is -2.21. The fourth-order valence-corrected chi connectivity index (χ4v) is 3.14. The minimum absolute atomic E-state index is 0.349. The molecule has 7 nitrogen and oxygen atoms in total. The van der Waals surface area contributed by atoms with Crippen LogP contribution < -0.4 is 4.74 Å². The van der Waals surface area contributed by atoms with E-state index in [1.807, 2.05) is 19.1 Å². The molecule has 0 unspecified atom stereocenters. The Kier molecular flexibility index (Phi) is 5.17. The van der Waals surface area contributed by atoms with Crippen LogP contribution in [0.2, 0.25) is 0 Å². The molecule has 0 amide bonds. The van der Waals surface area contributed by atoms with E-state index in [1.165, 1.54) is 17.5 Å². The van der Waals surface area contributed by atoms with Crippen molar-refractivity contribution in [2.75, 3.05) is 26.4 Å². The first-order valence-electron chi connectivity index (χ1n) is 7.77. The predicted molar refractivity (Wildman–Crippen MR) is 87.4 cm³/mol. The van der Waals surface area contributed by atoms with Crippen LogP contribution in [0.15, 0.2) is 24.5 Å². The summed E-state index contributed by atoms with van der Waals surface area (Å²) in [5, 5.41) is 4.98. The first-order valence-corrected chi connectivity index (χ1v) is 8.58. The van der Waals surface area contributed by atoms with Crippen LogP contribution in [0.4, 0.5) is 0 Å². The minimum Gasteiger partial charge on any atom is -0.478 e. The Morgan fingerprint density at radius 2 is 2.21 bits per heavy atom. The van der Waals surface area contributed by atoms with Gasteiger partial charge in [-0.15, -0.1) is 11.3 Å². The maximum absolute atomic E-state index is 11.6. The summed E-state index contributed by atoms with van der Waals surface area (Å²) in [7, 11) is 0. The van der Waals surface area contributed by atoms with Gasteiger partial charge in [-0.3, -0.25) is 4.68 Å². The van der Waals surface area contributed by atoms with Gasteiger partial charge in [0.1, 0.15) is 6.61 Å². The molecule has 0 atom stereocenters. The third-order valence-electron chi connectivity index (χ3n) is 3.47. The largest absolute Gasteiger partial charge is 0.478 e. The molecule has 0 aromatic carbocycles. The Morgan fingerprint density at radius 3 is 2.96 bits per heavy atom. The second-order valence-corrected chi connectivity index (χ2v) is 6.62. The molecule has 0 aliphatic carbocycles. The van der Waals surface area contributed by atoms with E-state index >= 15 is 0 Å². The SMILES string of the molecule is CCOC(=O)c1cnn(Cc2ccc(OCC3(C)OCCO3)s2)c1.